The highest BCUT2D eigenvalue weighted by Crippen LogP contribution is 2.44. The Bertz CT molecular complexity index is 413. The topological polar surface area (TPSA) is 29.1 Å². The molecule has 1 N–H and O–H groups in total. The molecular weight excluding hydrogens is 174 g/mol. The molecule has 1 aliphatic heterocycles. The number of fused-ring (bicyclic) bond motifs is 3. The second kappa shape index (κ2) is 2.38. The van der Waals surface area contributed by atoms with Gasteiger partial charge in [-0.05, 0) is 17.5 Å². The van der Waals surface area contributed by atoms with Gasteiger partial charge in [0.1, 0.15) is 0 Å². The second-order valence-corrected chi connectivity index (χ2v) is 4.58. The lowest BCUT2D eigenvalue weighted by Crippen LogP contribution is -2.34. The first-order valence-corrected chi connectivity index (χ1v) is 5.08. The van der Waals surface area contributed by atoms with Crippen LogP contribution in [0.3, 0.4) is 0 Å². The number of benzene rings is 1. The lowest BCUT2D eigenvalue weighted by molar-refractivity contribution is -0.119. The zero-order chi connectivity index (χ0) is 9.76. The molecule has 14 heavy (non-hydrogen) atoms. The van der Waals surface area contributed by atoms with E-state index >= 15 is 0 Å². The zero-order valence-electron chi connectivity index (χ0n) is 8.21. The number of nitrogens with one attached hydrogen (secondary N) is 1. The van der Waals surface area contributed by atoms with Crippen molar-refractivity contribution in [2.75, 3.05) is 0 Å². The minimum atomic E-state index is 0.0493. The third kappa shape index (κ3) is 0.834. The summed E-state index contributed by atoms with van der Waals surface area (Å²) in [6.07, 6.45) is 1.65. The molecule has 0 saturated carbocycles. The zero-order valence-corrected chi connectivity index (χ0v) is 8.21. The van der Waals surface area contributed by atoms with E-state index in [0.29, 0.717) is 12.5 Å². The van der Waals surface area contributed by atoms with Crippen LogP contribution in [0.25, 0.3) is 0 Å². The van der Waals surface area contributed by atoms with Crippen molar-refractivity contribution in [3.63, 3.8) is 0 Å². The Kier molecular flexibility index (Phi) is 1.37. The van der Waals surface area contributed by atoms with E-state index in [-0.39, 0.29) is 11.3 Å². The Labute approximate surface area is 83.3 Å². The van der Waals surface area contributed by atoms with E-state index in [0.717, 1.165) is 6.42 Å². The average molecular weight is 187 g/mol. The summed E-state index contributed by atoms with van der Waals surface area (Å²) in [5.74, 6) is 0.201. The fourth-order valence-electron chi connectivity index (χ4n) is 2.90. The third-order valence-corrected chi connectivity index (χ3v) is 3.69. The molecule has 2 nitrogen and oxygen atoms in total. The van der Waals surface area contributed by atoms with Gasteiger partial charge in [0.15, 0.2) is 0 Å². The smallest absolute Gasteiger partial charge is 0.221 e. The Morgan fingerprint density at radius 1 is 1.43 bits per heavy atom. The molecule has 1 saturated heterocycles. The monoisotopic (exact) mass is 187 g/mol. The molecule has 0 radical (unpaired) electrons. The summed E-state index contributed by atoms with van der Waals surface area (Å²) in [5, 5.41) is 3.06. The van der Waals surface area contributed by atoms with E-state index in [1.807, 2.05) is 0 Å². The first-order valence-electron chi connectivity index (χ1n) is 5.08. The van der Waals surface area contributed by atoms with Crippen molar-refractivity contribution < 1.29 is 4.79 Å². The van der Waals surface area contributed by atoms with Gasteiger partial charge in [-0.15, -0.1) is 0 Å². The predicted molar refractivity (Wildman–Crippen MR) is 54.0 cm³/mol. The Hall–Kier alpha value is -1.31. The maximum Gasteiger partial charge on any atom is 0.221 e. The number of hydrogen-bond acceptors (Lipinski definition) is 1. The van der Waals surface area contributed by atoms with E-state index in [4.69, 9.17) is 0 Å². The van der Waals surface area contributed by atoms with Crippen LogP contribution < -0.4 is 5.32 Å². The molecule has 0 bridgehead atoms. The fraction of sp³-hybridized carbons (Fsp3) is 0.417. The maximum absolute atomic E-state index is 11.4. The first-order chi connectivity index (χ1) is 6.70. The molecule has 0 aromatic heterocycles. The Morgan fingerprint density at radius 2 is 2.21 bits per heavy atom. The van der Waals surface area contributed by atoms with Crippen molar-refractivity contribution >= 4 is 5.91 Å². The Balaban J connectivity index is 2.15. The molecule has 3 rings (SSSR count). The summed E-state index contributed by atoms with van der Waals surface area (Å²) in [6, 6.07) is 8.80. The number of carbonyl (C=O) groups is 1. The van der Waals surface area contributed by atoms with Gasteiger partial charge in [0.25, 0.3) is 0 Å². The van der Waals surface area contributed by atoms with Gasteiger partial charge in [-0.2, -0.15) is 0 Å². The number of hydrogen-bond donors (Lipinski definition) is 1. The lowest BCUT2D eigenvalue weighted by atomic mass is 9.81. The van der Waals surface area contributed by atoms with Crippen molar-refractivity contribution in [1.82, 2.24) is 5.32 Å². The van der Waals surface area contributed by atoms with Crippen molar-refractivity contribution in [2.24, 2.45) is 0 Å². The van der Waals surface area contributed by atoms with E-state index < -0.39 is 0 Å². The van der Waals surface area contributed by atoms with Crippen LogP contribution in [0.2, 0.25) is 0 Å². The van der Waals surface area contributed by atoms with Crippen LogP contribution in [0.1, 0.15) is 24.5 Å². The van der Waals surface area contributed by atoms with Gasteiger partial charge in [-0.3, -0.25) is 4.79 Å². The highest BCUT2D eigenvalue weighted by Gasteiger charge is 2.49. The van der Waals surface area contributed by atoms with Crippen LogP contribution in [0.5, 0.6) is 0 Å². The minimum Gasteiger partial charge on any atom is -0.352 e. The van der Waals surface area contributed by atoms with E-state index in [9.17, 15) is 4.79 Å². The standard InChI is InChI=1S/C12H13NO/c1-12-7-11(14)13-10(12)6-8-4-2-3-5-9(8)12/h2-5,10H,6-7H2,1H3,(H,13,14). The SMILES string of the molecule is CC12CC(=O)NC1Cc1ccccc12. The molecule has 0 spiro atoms. The largest absolute Gasteiger partial charge is 0.352 e. The Morgan fingerprint density at radius 3 is 3.07 bits per heavy atom. The summed E-state index contributed by atoms with van der Waals surface area (Å²) < 4.78 is 0. The summed E-state index contributed by atoms with van der Waals surface area (Å²) in [6.45, 7) is 2.20. The molecule has 2 unspecified atom stereocenters. The van der Waals surface area contributed by atoms with Crippen LogP contribution in [-0.2, 0) is 16.6 Å². The third-order valence-electron chi connectivity index (χ3n) is 3.69. The molecule has 1 heterocycles. The van der Waals surface area contributed by atoms with Crippen molar-refractivity contribution in [1.29, 1.82) is 0 Å². The van der Waals surface area contributed by atoms with Crippen LogP contribution >= 0.6 is 0 Å². The van der Waals surface area contributed by atoms with Gasteiger partial charge in [0.2, 0.25) is 5.91 Å². The van der Waals surface area contributed by atoms with Crippen LogP contribution in [-0.4, -0.2) is 11.9 Å². The van der Waals surface area contributed by atoms with Crippen LogP contribution in [0.15, 0.2) is 24.3 Å². The van der Waals surface area contributed by atoms with E-state index in [1.165, 1.54) is 11.1 Å². The van der Waals surface area contributed by atoms with E-state index in [2.05, 4.69) is 36.5 Å². The highest BCUT2D eigenvalue weighted by atomic mass is 16.2. The highest BCUT2D eigenvalue weighted by molar-refractivity contribution is 5.82. The summed E-state index contributed by atoms with van der Waals surface area (Å²) in [7, 11) is 0. The molecule has 1 aromatic carbocycles. The van der Waals surface area contributed by atoms with Crippen molar-refractivity contribution in [3.05, 3.63) is 35.4 Å². The first kappa shape index (κ1) is 8.04. The number of amides is 1. The van der Waals surface area contributed by atoms with Crippen molar-refractivity contribution in [2.45, 2.75) is 31.2 Å². The number of carbonyl (C=O) groups excluding carboxylic acids is 1. The predicted octanol–water partition coefficient (Wildman–Crippen LogP) is 1.39. The average Bonchev–Trinajstić information content (AvgIpc) is 2.55. The molecule has 1 aliphatic carbocycles. The van der Waals surface area contributed by atoms with E-state index in [1.54, 1.807) is 0 Å². The second-order valence-electron chi connectivity index (χ2n) is 4.58. The molecule has 2 atom stereocenters. The summed E-state index contributed by atoms with van der Waals surface area (Å²) in [5.41, 5.74) is 2.82. The molecule has 2 heteroatoms. The quantitative estimate of drug-likeness (QED) is 0.653. The van der Waals surface area contributed by atoms with Gasteiger partial charge < -0.3 is 5.32 Å². The van der Waals surface area contributed by atoms with Gasteiger partial charge in [-0.1, -0.05) is 31.2 Å². The number of rotatable bonds is 0. The molecule has 72 valence electrons. The fourth-order valence-corrected chi connectivity index (χ4v) is 2.90. The lowest BCUT2D eigenvalue weighted by Gasteiger charge is -2.22. The van der Waals surface area contributed by atoms with Crippen LogP contribution in [0.4, 0.5) is 0 Å². The summed E-state index contributed by atoms with van der Waals surface area (Å²) >= 11 is 0. The van der Waals surface area contributed by atoms with Gasteiger partial charge in [0.05, 0.1) is 0 Å². The van der Waals surface area contributed by atoms with Gasteiger partial charge in [0, 0.05) is 17.9 Å². The molecule has 1 aromatic rings. The van der Waals surface area contributed by atoms with Crippen molar-refractivity contribution in [3.8, 4) is 0 Å². The van der Waals surface area contributed by atoms with Gasteiger partial charge in [-0.25, -0.2) is 0 Å². The summed E-state index contributed by atoms with van der Waals surface area (Å²) in [4.78, 5) is 11.4. The molecule has 1 fully saturated rings. The van der Waals surface area contributed by atoms with Gasteiger partial charge >= 0.3 is 0 Å². The normalized spacial score (nSPS) is 33.8. The molecule has 2 aliphatic rings. The minimum absolute atomic E-state index is 0.0493. The van der Waals surface area contributed by atoms with Crippen LogP contribution in [0, 0.1) is 0 Å². The molecule has 1 amide bonds. The maximum atomic E-state index is 11.4. The molecular formula is C12H13NO.